The summed E-state index contributed by atoms with van der Waals surface area (Å²) in [6.07, 6.45) is 0. The fourth-order valence-electron chi connectivity index (χ4n) is 4.20. The third-order valence-corrected chi connectivity index (χ3v) is 5.67. The van der Waals surface area contributed by atoms with Gasteiger partial charge in [-0.2, -0.15) is 5.26 Å². The number of methoxy groups -OCH3 is 1. The molecule has 3 rings (SSSR count). The van der Waals surface area contributed by atoms with Gasteiger partial charge < -0.3 is 14.4 Å². The number of ether oxygens (including phenoxy) is 2. The summed E-state index contributed by atoms with van der Waals surface area (Å²) in [5, 5.41) is 9.12. The Hall–Kier alpha value is -1.45. The fourth-order valence-corrected chi connectivity index (χ4v) is 4.20. The zero-order chi connectivity index (χ0) is 17.7. The lowest BCUT2D eigenvalue weighted by atomic mass is 9.79. The molecular weight excluding hydrogens is 314 g/mol. The van der Waals surface area contributed by atoms with Crippen LogP contribution in [0.4, 0.5) is 0 Å². The first-order valence-corrected chi connectivity index (χ1v) is 9.16. The van der Waals surface area contributed by atoms with Crippen LogP contribution in [0.1, 0.15) is 18.1 Å². The van der Waals surface area contributed by atoms with Crippen LogP contribution < -0.4 is 0 Å². The van der Waals surface area contributed by atoms with E-state index >= 15 is 0 Å². The van der Waals surface area contributed by atoms with Crippen molar-refractivity contribution in [2.75, 3.05) is 59.7 Å². The zero-order valence-corrected chi connectivity index (χ0v) is 15.4. The molecule has 0 N–H and O–H groups in total. The molecule has 1 aromatic rings. The van der Waals surface area contributed by atoms with Crippen LogP contribution in [0.5, 0.6) is 0 Å². The van der Waals surface area contributed by atoms with Crippen molar-refractivity contribution >= 4 is 0 Å². The van der Waals surface area contributed by atoms with E-state index in [0.29, 0.717) is 5.92 Å². The maximum atomic E-state index is 9.12. The average Bonchev–Trinajstić information content (AvgIpc) is 2.78. The van der Waals surface area contributed by atoms with Crippen LogP contribution in [-0.2, 0) is 16.0 Å². The number of hydrogen-bond acceptors (Lipinski definition) is 5. The van der Waals surface area contributed by atoms with Gasteiger partial charge in [0.25, 0.3) is 0 Å². The molecule has 136 valence electrons. The summed E-state index contributed by atoms with van der Waals surface area (Å²) in [7, 11) is 1.76. The third-order valence-electron chi connectivity index (χ3n) is 5.67. The molecule has 2 atom stereocenters. The lowest BCUT2D eigenvalue weighted by Gasteiger charge is -2.35. The van der Waals surface area contributed by atoms with Crippen LogP contribution in [0.3, 0.4) is 0 Å². The normalized spacial score (nSPS) is 28.1. The van der Waals surface area contributed by atoms with Gasteiger partial charge in [-0.15, -0.1) is 0 Å². The summed E-state index contributed by atoms with van der Waals surface area (Å²) in [5.41, 5.74) is 2.13. The Morgan fingerprint density at radius 3 is 3.00 bits per heavy atom. The molecule has 2 heterocycles. The molecule has 0 radical (unpaired) electrons. The van der Waals surface area contributed by atoms with Crippen LogP contribution in [0.25, 0.3) is 0 Å². The summed E-state index contributed by atoms with van der Waals surface area (Å²) in [5.74, 6) is 0.607. The minimum atomic E-state index is 0.192. The first-order valence-electron chi connectivity index (χ1n) is 9.16. The summed E-state index contributed by atoms with van der Waals surface area (Å²) in [6.45, 7) is 10.8. The molecule has 1 aromatic carbocycles. The Bertz CT molecular complexity index is 615. The standard InChI is InChI=1S/C20H29N3O2/c1-17-12-22(6-8-24-2)14-20(17)15-23(7-9-25-16-20)13-19-5-3-4-18(10-19)11-21/h3-5,10,17H,6-9,12-16H2,1-2H3/t17-,20+/m1/s1. The third kappa shape index (κ3) is 4.39. The number of nitrogens with zero attached hydrogens (tertiary/aromatic N) is 3. The minimum absolute atomic E-state index is 0.192. The van der Waals surface area contributed by atoms with E-state index in [1.54, 1.807) is 7.11 Å². The molecule has 2 saturated heterocycles. The summed E-state index contributed by atoms with van der Waals surface area (Å²) in [6, 6.07) is 10.2. The van der Waals surface area contributed by atoms with Gasteiger partial charge >= 0.3 is 0 Å². The lowest BCUT2D eigenvalue weighted by Crippen LogP contribution is -2.43. The molecule has 2 aliphatic heterocycles. The molecule has 25 heavy (non-hydrogen) atoms. The largest absolute Gasteiger partial charge is 0.383 e. The van der Waals surface area contributed by atoms with Gasteiger partial charge in [-0.3, -0.25) is 4.90 Å². The number of nitriles is 1. The van der Waals surface area contributed by atoms with Gasteiger partial charge in [-0.05, 0) is 23.6 Å². The predicted molar refractivity (Wildman–Crippen MR) is 97.2 cm³/mol. The topological polar surface area (TPSA) is 48.7 Å². The zero-order valence-electron chi connectivity index (χ0n) is 15.4. The van der Waals surface area contributed by atoms with Gasteiger partial charge in [0.05, 0.1) is 31.5 Å². The average molecular weight is 343 g/mol. The Morgan fingerprint density at radius 2 is 2.20 bits per heavy atom. The number of likely N-dealkylation sites (tertiary alicyclic amines) is 1. The van der Waals surface area contributed by atoms with E-state index in [2.05, 4.69) is 28.9 Å². The lowest BCUT2D eigenvalue weighted by molar-refractivity contribution is 0.0489. The summed E-state index contributed by atoms with van der Waals surface area (Å²) in [4.78, 5) is 5.01. The SMILES string of the molecule is COCCN1C[C@@H](C)[C@@]2(COCCN(Cc3cccc(C#N)c3)C2)C1. The van der Waals surface area contributed by atoms with E-state index in [-0.39, 0.29) is 5.41 Å². The first-order chi connectivity index (χ1) is 12.1. The second-order valence-electron chi connectivity index (χ2n) is 7.57. The molecule has 0 aromatic heterocycles. The van der Waals surface area contributed by atoms with Crippen molar-refractivity contribution < 1.29 is 9.47 Å². The number of benzene rings is 1. The molecule has 2 aliphatic rings. The smallest absolute Gasteiger partial charge is 0.0991 e. The van der Waals surface area contributed by atoms with E-state index in [4.69, 9.17) is 14.7 Å². The summed E-state index contributed by atoms with van der Waals surface area (Å²) >= 11 is 0. The highest BCUT2D eigenvalue weighted by Gasteiger charge is 2.46. The molecule has 0 unspecified atom stereocenters. The van der Waals surface area contributed by atoms with Gasteiger partial charge in [0, 0.05) is 51.8 Å². The number of rotatable bonds is 5. The Kier molecular flexibility index (Phi) is 6.08. The van der Waals surface area contributed by atoms with Crippen LogP contribution in [-0.4, -0.2) is 69.5 Å². The van der Waals surface area contributed by atoms with E-state index < -0.39 is 0 Å². The molecular formula is C20H29N3O2. The van der Waals surface area contributed by atoms with Crippen LogP contribution in [0.15, 0.2) is 24.3 Å². The predicted octanol–water partition coefficient (Wildman–Crippen LogP) is 1.97. The Morgan fingerprint density at radius 1 is 1.36 bits per heavy atom. The molecule has 0 amide bonds. The van der Waals surface area contributed by atoms with Crippen LogP contribution in [0.2, 0.25) is 0 Å². The van der Waals surface area contributed by atoms with Crippen molar-refractivity contribution in [2.24, 2.45) is 11.3 Å². The fraction of sp³-hybridized carbons (Fsp3) is 0.650. The molecule has 0 saturated carbocycles. The van der Waals surface area contributed by atoms with Gasteiger partial charge in [-0.25, -0.2) is 0 Å². The highest BCUT2D eigenvalue weighted by Crippen LogP contribution is 2.38. The number of hydrogen-bond donors (Lipinski definition) is 0. The van der Waals surface area contributed by atoms with Crippen molar-refractivity contribution in [3.8, 4) is 6.07 Å². The van der Waals surface area contributed by atoms with Crippen molar-refractivity contribution in [1.29, 1.82) is 5.26 Å². The summed E-state index contributed by atoms with van der Waals surface area (Å²) < 4.78 is 11.3. The van der Waals surface area contributed by atoms with Gasteiger partial charge in [-0.1, -0.05) is 19.1 Å². The van der Waals surface area contributed by atoms with Crippen molar-refractivity contribution in [3.63, 3.8) is 0 Å². The molecule has 5 heteroatoms. The van der Waals surface area contributed by atoms with E-state index in [1.807, 2.05) is 18.2 Å². The maximum absolute atomic E-state index is 9.12. The Labute approximate surface area is 151 Å². The van der Waals surface area contributed by atoms with Crippen molar-refractivity contribution in [1.82, 2.24) is 9.80 Å². The molecule has 0 bridgehead atoms. The minimum Gasteiger partial charge on any atom is -0.383 e. The molecule has 0 aliphatic carbocycles. The highest BCUT2D eigenvalue weighted by atomic mass is 16.5. The molecule has 1 spiro atoms. The molecule has 5 nitrogen and oxygen atoms in total. The van der Waals surface area contributed by atoms with Gasteiger partial charge in [0.2, 0.25) is 0 Å². The van der Waals surface area contributed by atoms with Crippen LogP contribution in [0, 0.1) is 22.7 Å². The van der Waals surface area contributed by atoms with Crippen LogP contribution >= 0.6 is 0 Å². The van der Waals surface area contributed by atoms with Crippen molar-refractivity contribution in [3.05, 3.63) is 35.4 Å². The quantitative estimate of drug-likeness (QED) is 0.818. The monoisotopic (exact) mass is 343 g/mol. The second-order valence-corrected chi connectivity index (χ2v) is 7.57. The first kappa shape index (κ1) is 18.3. The van der Waals surface area contributed by atoms with E-state index in [0.717, 1.165) is 64.7 Å². The van der Waals surface area contributed by atoms with Gasteiger partial charge in [0.1, 0.15) is 0 Å². The van der Waals surface area contributed by atoms with E-state index in [9.17, 15) is 0 Å². The second kappa shape index (κ2) is 8.29. The van der Waals surface area contributed by atoms with Gasteiger partial charge in [0.15, 0.2) is 0 Å². The maximum Gasteiger partial charge on any atom is 0.0991 e. The highest BCUT2D eigenvalue weighted by molar-refractivity contribution is 5.32. The van der Waals surface area contributed by atoms with E-state index in [1.165, 1.54) is 5.56 Å². The van der Waals surface area contributed by atoms with Crippen molar-refractivity contribution in [2.45, 2.75) is 13.5 Å². The Balaban J connectivity index is 1.69. The molecule has 2 fully saturated rings.